The number of furan rings is 1. The number of azide groups is 1. The molecule has 0 aromatic carbocycles. The second-order valence-corrected chi connectivity index (χ2v) is 4.96. The van der Waals surface area contributed by atoms with Crippen LogP contribution in [0.5, 0.6) is 0 Å². The zero-order chi connectivity index (χ0) is 15.2. The van der Waals surface area contributed by atoms with Gasteiger partial charge in [0.15, 0.2) is 12.0 Å². The Morgan fingerprint density at radius 1 is 1.60 bits per heavy atom. The Kier molecular flexibility index (Phi) is 5.16. The highest BCUT2D eigenvalue weighted by Crippen LogP contribution is 2.16. The molecule has 1 aromatic heterocycles. The van der Waals surface area contributed by atoms with Crippen LogP contribution in [-0.2, 0) is 17.8 Å². The van der Waals surface area contributed by atoms with Crippen LogP contribution < -0.4 is 5.32 Å². The van der Waals surface area contributed by atoms with Gasteiger partial charge in [-0.25, -0.2) is 4.79 Å². The number of nitrogens with one attached hydrogen (secondary N) is 1. The lowest BCUT2D eigenvalue weighted by atomic mass is 10.2. The molecule has 8 nitrogen and oxygen atoms in total. The molecule has 8 heteroatoms. The largest absolute Gasteiger partial charge is 0.456 e. The highest BCUT2D eigenvalue weighted by Gasteiger charge is 2.17. The molecule has 0 saturated carbocycles. The van der Waals surface area contributed by atoms with Gasteiger partial charge in [-0.2, -0.15) is 0 Å². The summed E-state index contributed by atoms with van der Waals surface area (Å²) < 4.78 is 10.3. The number of alkyl carbamates (subject to hydrolysis) is 1. The number of ether oxygens (including phenoxy) is 1. The fourth-order valence-corrected chi connectivity index (χ4v) is 1.41. The molecule has 0 spiro atoms. The van der Waals surface area contributed by atoms with Crippen LogP contribution in [-0.4, -0.2) is 18.0 Å². The molecule has 1 amide bonds. The van der Waals surface area contributed by atoms with Gasteiger partial charge in [0, 0.05) is 10.5 Å². The summed E-state index contributed by atoms with van der Waals surface area (Å²) in [5.41, 5.74) is 8.24. The van der Waals surface area contributed by atoms with Crippen LogP contribution in [0.25, 0.3) is 10.4 Å². The lowest BCUT2D eigenvalue weighted by molar-refractivity contribution is 0.0519. The molecule has 0 unspecified atom stereocenters. The fraction of sp³-hybridized carbons (Fsp3) is 0.500. The molecule has 1 rings (SSSR count). The Morgan fingerprint density at radius 2 is 2.30 bits per heavy atom. The predicted octanol–water partition coefficient (Wildman–Crippen LogP) is 2.93. The van der Waals surface area contributed by atoms with E-state index in [-0.39, 0.29) is 18.8 Å². The first-order chi connectivity index (χ1) is 9.35. The highest BCUT2D eigenvalue weighted by molar-refractivity contribution is 5.71. The van der Waals surface area contributed by atoms with E-state index < -0.39 is 11.7 Å². The molecule has 108 valence electrons. The number of rotatable bonds is 5. The van der Waals surface area contributed by atoms with Gasteiger partial charge in [0.2, 0.25) is 0 Å². The minimum atomic E-state index is -0.602. The van der Waals surface area contributed by atoms with Crippen molar-refractivity contribution < 1.29 is 18.7 Å². The van der Waals surface area contributed by atoms with Gasteiger partial charge in [0.1, 0.15) is 11.4 Å². The Balaban J connectivity index is 2.71. The van der Waals surface area contributed by atoms with Crippen LogP contribution in [0.15, 0.2) is 15.6 Å². The first-order valence-corrected chi connectivity index (χ1v) is 5.90. The van der Waals surface area contributed by atoms with Crippen LogP contribution in [0.2, 0.25) is 0 Å². The van der Waals surface area contributed by atoms with E-state index in [9.17, 15) is 9.59 Å². The molecular weight excluding hydrogens is 264 g/mol. The first kappa shape index (κ1) is 15.6. The SMILES string of the molecule is CC(C)(C)OC(=O)NCc1oc(C=O)cc1CN=[N+]=[N-]. The Labute approximate surface area is 115 Å². The summed E-state index contributed by atoms with van der Waals surface area (Å²) >= 11 is 0. The molecule has 0 atom stereocenters. The number of carbonyl (C=O) groups excluding carboxylic acids is 2. The van der Waals surface area contributed by atoms with Crippen molar-refractivity contribution in [2.45, 2.75) is 39.5 Å². The minimum Gasteiger partial charge on any atom is -0.456 e. The molecule has 0 aliphatic heterocycles. The van der Waals surface area contributed by atoms with E-state index in [1.165, 1.54) is 6.07 Å². The van der Waals surface area contributed by atoms with Crippen LogP contribution >= 0.6 is 0 Å². The molecule has 0 aliphatic carbocycles. The lowest BCUT2D eigenvalue weighted by Gasteiger charge is -2.19. The quantitative estimate of drug-likeness (QED) is 0.386. The third-order valence-corrected chi connectivity index (χ3v) is 2.13. The van der Waals surface area contributed by atoms with Crippen molar-refractivity contribution in [3.05, 3.63) is 33.6 Å². The van der Waals surface area contributed by atoms with E-state index >= 15 is 0 Å². The van der Waals surface area contributed by atoms with Gasteiger partial charge in [0.25, 0.3) is 0 Å². The van der Waals surface area contributed by atoms with Crippen molar-refractivity contribution in [2.24, 2.45) is 5.11 Å². The summed E-state index contributed by atoms with van der Waals surface area (Å²) in [5.74, 6) is 0.458. The van der Waals surface area contributed by atoms with Crippen LogP contribution in [0.4, 0.5) is 4.79 Å². The maximum absolute atomic E-state index is 11.5. The van der Waals surface area contributed by atoms with Gasteiger partial charge < -0.3 is 14.5 Å². The van der Waals surface area contributed by atoms with Crippen molar-refractivity contribution >= 4 is 12.4 Å². The molecule has 1 N–H and O–H groups in total. The Bertz CT molecular complexity index is 538. The summed E-state index contributed by atoms with van der Waals surface area (Å²) in [4.78, 5) is 24.8. The van der Waals surface area contributed by atoms with Crippen molar-refractivity contribution in [1.82, 2.24) is 5.32 Å². The zero-order valence-electron chi connectivity index (χ0n) is 11.5. The molecule has 0 saturated heterocycles. The van der Waals surface area contributed by atoms with Crippen molar-refractivity contribution in [3.8, 4) is 0 Å². The van der Waals surface area contributed by atoms with E-state index in [0.717, 1.165) is 0 Å². The monoisotopic (exact) mass is 280 g/mol. The van der Waals surface area contributed by atoms with Crippen LogP contribution in [0.3, 0.4) is 0 Å². The first-order valence-electron chi connectivity index (χ1n) is 5.90. The van der Waals surface area contributed by atoms with Crippen molar-refractivity contribution in [2.75, 3.05) is 0 Å². The topological polar surface area (TPSA) is 117 Å². The third kappa shape index (κ3) is 5.03. The van der Waals surface area contributed by atoms with Crippen molar-refractivity contribution in [3.63, 3.8) is 0 Å². The molecular formula is C12H16N4O4. The maximum Gasteiger partial charge on any atom is 0.408 e. The Hall–Kier alpha value is -2.47. The smallest absolute Gasteiger partial charge is 0.408 e. The van der Waals surface area contributed by atoms with Gasteiger partial charge in [0.05, 0.1) is 13.1 Å². The second kappa shape index (κ2) is 6.63. The van der Waals surface area contributed by atoms with Crippen LogP contribution in [0, 0.1) is 0 Å². The number of amides is 1. The molecule has 0 aliphatic rings. The summed E-state index contributed by atoms with van der Waals surface area (Å²) in [6.45, 7) is 5.32. The molecule has 0 radical (unpaired) electrons. The number of hydrogen-bond donors (Lipinski definition) is 1. The van der Waals surface area contributed by atoms with Gasteiger partial charge in [-0.15, -0.1) is 0 Å². The summed E-state index contributed by atoms with van der Waals surface area (Å²) in [5, 5.41) is 5.90. The molecule has 0 fully saturated rings. The van der Waals surface area contributed by atoms with E-state index in [1.807, 2.05) is 0 Å². The lowest BCUT2D eigenvalue weighted by Crippen LogP contribution is -2.32. The Morgan fingerprint density at radius 3 is 2.85 bits per heavy atom. The van der Waals surface area contributed by atoms with Crippen molar-refractivity contribution in [1.29, 1.82) is 0 Å². The van der Waals surface area contributed by atoms with Crippen LogP contribution in [0.1, 0.15) is 42.6 Å². The average Bonchev–Trinajstić information content (AvgIpc) is 2.74. The van der Waals surface area contributed by atoms with Gasteiger partial charge in [-0.05, 0) is 32.4 Å². The number of carbonyl (C=O) groups is 2. The summed E-state index contributed by atoms with van der Waals surface area (Å²) in [6.07, 6.45) is -0.0624. The van der Waals surface area contributed by atoms with E-state index in [1.54, 1.807) is 20.8 Å². The predicted molar refractivity (Wildman–Crippen MR) is 70.0 cm³/mol. The molecule has 1 aromatic rings. The maximum atomic E-state index is 11.5. The summed E-state index contributed by atoms with van der Waals surface area (Å²) in [7, 11) is 0. The van der Waals surface area contributed by atoms with Gasteiger partial charge in [-0.1, -0.05) is 5.11 Å². The highest BCUT2D eigenvalue weighted by atomic mass is 16.6. The molecule has 1 heterocycles. The normalized spacial score (nSPS) is 10.6. The summed E-state index contributed by atoms with van der Waals surface area (Å²) in [6, 6.07) is 1.47. The van der Waals surface area contributed by atoms with Gasteiger partial charge >= 0.3 is 6.09 Å². The molecule has 20 heavy (non-hydrogen) atoms. The zero-order valence-corrected chi connectivity index (χ0v) is 11.5. The number of hydrogen-bond acceptors (Lipinski definition) is 5. The molecule has 0 bridgehead atoms. The van der Waals surface area contributed by atoms with E-state index in [2.05, 4.69) is 15.3 Å². The van der Waals surface area contributed by atoms with Gasteiger partial charge in [-0.3, -0.25) is 4.79 Å². The second-order valence-electron chi connectivity index (χ2n) is 4.96. The number of nitrogens with zero attached hydrogens (tertiary/aromatic N) is 3. The third-order valence-electron chi connectivity index (χ3n) is 2.13. The van der Waals surface area contributed by atoms with E-state index in [4.69, 9.17) is 14.7 Å². The standard InChI is InChI=1S/C12H16N4O4/c1-12(2,3)20-11(18)14-6-10-8(5-15-16-13)4-9(7-17)19-10/h4,7H,5-6H2,1-3H3,(H,14,18). The fourth-order valence-electron chi connectivity index (χ4n) is 1.41. The average molecular weight is 280 g/mol. The number of aldehydes is 1. The van der Waals surface area contributed by atoms with E-state index in [0.29, 0.717) is 17.6 Å². The minimum absolute atomic E-state index is 0.0407.